The number of methoxy groups -OCH3 is 1. The van der Waals surface area contributed by atoms with Crippen molar-refractivity contribution in [3.05, 3.63) is 35.7 Å². The van der Waals surface area contributed by atoms with Crippen molar-refractivity contribution in [2.75, 3.05) is 7.11 Å². The number of ether oxygens (including phenoxy) is 1. The van der Waals surface area contributed by atoms with Crippen LogP contribution in [0.15, 0.2) is 35.0 Å². The van der Waals surface area contributed by atoms with E-state index >= 15 is 0 Å². The second kappa shape index (κ2) is 3.72. The van der Waals surface area contributed by atoms with Gasteiger partial charge in [-0.3, -0.25) is 0 Å². The van der Waals surface area contributed by atoms with Crippen molar-refractivity contribution in [3.63, 3.8) is 0 Å². The van der Waals surface area contributed by atoms with Gasteiger partial charge in [-0.15, -0.1) is 0 Å². The summed E-state index contributed by atoms with van der Waals surface area (Å²) in [5, 5.41) is 3.90. The average Bonchev–Trinajstić information content (AvgIpc) is 2.65. The van der Waals surface area contributed by atoms with E-state index in [2.05, 4.69) is 5.16 Å². The third-order valence-electron chi connectivity index (χ3n) is 1.93. The Balaban J connectivity index is 2.39. The molecule has 0 aliphatic heterocycles. The van der Waals surface area contributed by atoms with Crippen LogP contribution in [0.25, 0.3) is 11.1 Å². The molecule has 1 aromatic heterocycles. The van der Waals surface area contributed by atoms with E-state index in [0.717, 1.165) is 16.9 Å². The SMILES string of the molecule is COc1ccc(-c2cnoc2Cl)cc1. The van der Waals surface area contributed by atoms with Crippen LogP contribution >= 0.6 is 11.6 Å². The van der Waals surface area contributed by atoms with E-state index in [9.17, 15) is 0 Å². The van der Waals surface area contributed by atoms with Gasteiger partial charge in [0.15, 0.2) is 0 Å². The zero-order valence-electron chi connectivity index (χ0n) is 7.53. The van der Waals surface area contributed by atoms with Crippen LogP contribution in [0.5, 0.6) is 5.75 Å². The van der Waals surface area contributed by atoms with Crippen LogP contribution in [0, 0.1) is 0 Å². The van der Waals surface area contributed by atoms with Gasteiger partial charge in [0.25, 0.3) is 0 Å². The van der Waals surface area contributed by atoms with Crippen molar-refractivity contribution in [2.45, 2.75) is 0 Å². The minimum absolute atomic E-state index is 0.301. The Morgan fingerprint density at radius 3 is 2.50 bits per heavy atom. The molecule has 3 nitrogen and oxygen atoms in total. The standard InChI is InChI=1S/C10H8ClNO2/c1-13-8-4-2-7(3-5-8)9-6-12-14-10(9)11/h2-6H,1H3. The lowest BCUT2D eigenvalue weighted by atomic mass is 10.1. The fourth-order valence-electron chi connectivity index (χ4n) is 1.18. The van der Waals surface area contributed by atoms with Gasteiger partial charge in [-0.2, -0.15) is 0 Å². The van der Waals surface area contributed by atoms with Gasteiger partial charge in [-0.1, -0.05) is 17.3 Å². The van der Waals surface area contributed by atoms with Crippen molar-refractivity contribution >= 4 is 11.6 Å². The first kappa shape index (κ1) is 9.09. The molecular formula is C10H8ClNO2. The first-order chi connectivity index (χ1) is 6.81. The molecule has 0 aliphatic rings. The van der Waals surface area contributed by atoms with Crippen LogP contribution in [0.4, 0.5) is 0 Å². The topological polar surface area (TPSA) is 35.3 Å². The maximum absolute atomic E-state index is 5.79. The van der Waals surface area contributed by atoms with Crippen LogP contribution in [-0.2, 0) is 0 Å². The lowest BCUT2D eigenvalue weighted by Crippen LogP contribution is -1.81. The Labute approximate surface area is 86.2 Å². The zero-order valence-corrected chi connectivity index (χ0v) is 8.28. The minimum atomic E-state index is 0.301. The summed E-state index contributed by atoms with van der Waals surface area (Å²) in [5.74, 6) is 0.807. The third-order valence-corrected chi connectivity index (χ3v) is 2.20. The number of rotatable bonds is 2. The van der Waals surface area contributed by atoms with Gasteiger partial charge in [-0.25, -0.2) is 0 Å². The maximum atomic E-state index is 5.79. The Hall–Kier alpha value is -1.48. The first-order valence-corrected chi connectivity index (χ1v) is 4.43. The molecule has 2 rings (SSSR count). The predicted octanol–water partition coefficient (Wildman–Crippen LogP) is 3.00. The third kappa shape index (κ3) is 1.59. The predicted molar refractivity (Wildman–Crippen MR) is 53.5 cm³/mol. The molecule has 0 fully saturated rings. The minimum Gasteiger partial charge on any atom is -0.497 e. The highest BCUT2D eigenvalue weighted by molar-refractivity contribution is 6.31. The highest BCUT2D eigenvalue weighted by Crippen LogP contribution is 2.28. The van der Waals surface area contributed by atoms with Crippen LogP contribution in [0.1, 0.15) is 0 Å². The summed E-state index contributed by atoms with van der Waals surface area (Å²) in [6.07, 6.45) is 1.59. The van der Waals surface area contributed by atoms with Crippen molar-refractivity contribution in [2.24, 2.45) is 0 Å². The Bertz CT molecular complexity index is 422. The van der Waals surface area contributed by atoms with E-state index in [-0.39, 0.29) is 0 Å². The quantitative estimate of drug-likeness (QED) is 0.763. The average molecular weight is 210 g/mol. The highest BCUT2D eigenvalue weighted by atomic mass is 35.5. The van der Waals surface area contributed by atoms with Crippen molar-refractivity contribution in [3.8, 4) is 16.9 Å². The number of hydrogen-bond acceptors (Lipinski definition) is 3. The van der Waals surface area contributed by atoms with Crippen LogP contribution in [0.2, 0.25) is 5.22 Å². The fraction of sp³-hybridized carbons (Fsp3) is 0.100. The molecule has 0 amide bonds. The van der Waals surface area contributed by atoms with Crippen molar-refractivity contribution in [1.82, 2.24) is 5.16 Å². The smallest absolute Gasteiger partial charge is 0.233 e. The molecule has 0 atom stereocenters. The molecule has 1 aromatic carbocycles. The van der Waals surface area contributed by atoms with Gasteiger partial charge in [-0.05, 0) is 29.3 Å². The lowest BCUT2D eigenvalue weighted by Gasteiger charge is -2.00. The summed E-state index contributed by atoms with van der Waals surface area (Å²) in [4.78, 5) is 0. The van der Waals surface area contributed by atoms with E-state index in [0.29, 0.717) is 5.22 Å². The number of halogens is 1. The summed E-state index contributed by atoms with van der Waals surface area (Å²) in [5.41, 5.74) is 1.74. The number of aromatic nitrogens is 1. The second-order valence-corrected chi connectivity index (χ2v) is 3.08. The van der Waals surface area contributed by atoms with Gasteiger partial charge >= 0.3 is 0 Å². The summed E-state index contributed by atoms with van der Waals surface area (Å²) in [7, 11) is 1.63. The van der Waals surface area contributed by atoms with E-state index < -0.39 is 0 Å². The molecule has 0 unspecified atom stereocenters. The molecule has 1 heterocycles. The van der Waals surface area contributed by atoms with Crippen LogP contribution in [-0.4, -0.2) is 12.3 Å². The molecule has 0 N–H and O–H groups in total. The van der Waals surface area contributed by atoms with E-state index in [4.69, 9.17) is 20.9 Å². The van der Waals surface area contributed by atoms with E-state index in [1.807, 2.05) is 24.3 Å². The van der Waals surface area contributed by atoms with Crippen molar-refractivity contribution in [1.29, 1.82) is 0 Å². The summed E-state index contributed by atoms with van der Waals surface area (Å²) >= 11 is 5.79. The van der Waals surface area contributed by atoms with Gasteiger partial charge in [0.05, 0.1) is 18.9 Å². The summed E-state index contributed by atoms with van der Waals surface area (Å²) < 4.78 is 9.80. The monoisotopic (exact) mass is 209 g/mol. The molecule has 0 bridgehead atoms. The Kier molecular flexibility index (Phi) is 2.41. The maximum Gasteiger partial charge on any atom is 0.233 e. The van der Waals surface area contributed by atoms with Crippen molar-refractivity contribution < 1.29 is 9.26 Å². The van der Waals surface area contributed by atoms with Gasteiger partial charge in [0.1, 0.15) is 5.75 Å². The van der Waals surface area contributed by atoms with E-state index in [1.165, 1.54) is 0 Å². The van der Waals surface area contributed by atoms with Gasteiger partial charge < -0.3 is 9.26 Å². The molecule has 4 heteroatoms. The van der Waals surface area contributed by atoms with E-state index in [1.54, 1.807) is 13.3 Å². The molecule has 0 saturated carbocycles. The molecule has 0 aliphatic carbocycles. The summed E-state index contributed by atoms with van der Waals surface area (Å²) in [6, 6.07) is 7.52. The largest absolute Gasteiger partial charge is 0.497 e. The normalized spacial score (nSPS) is 10.1. The Morgan fingerprint density at radius 1 is 1.29 bits per heavy atom. The number of nitrogens with zero attached hydrogens (tertiary/aromatic N) is 1. The molecule has 0 radical (unpaired) electrons. The molecule has 0 spiro atoms. The van der Waals surface area contributed by atoms with Gasteiger partial charge in [0.2, 0.25) is 5.22 Å². The second-order valence-electron chi connectivity index (χ2n) is 2.74. The molecule has 2 aromatic rings. The first-order valence-electron chi connectivity index (χ1n) is 4.06. The molecule has 14 heavy (non-hydrogen) atoms. The fourth-order valence-corrected chi connectivity index (χ4v) is 1.38. The summed E-state index contributed by atoms with van der Waals surface area (Å²) in [6.45, 7) is 0. The highest BCUT2D eigenvalue weighted by Gasteiger charge is 2.07. The Morgan fingerprint density at radius 2 is 2.00 bits per heavy atom. The van der Waals surface area contributed by atoms with Crippen LogP contribution in [0.3, 0.4) is 0 Å². The molecular weight excluding hydrogens is 202 g/mol. The lowest BCUT2D eigenvalue weighted by molar-refractivity contribution is 0.415. The van der Waals surface area contributed by atoms with Crippen LogP contribution < -0.4 is 4.74 Å². The number of benzene rings is 1. The molecule has 0 saturated heterocycles. The molecule has 72 valence electrons. The van der Waals surface area contributed by atoms with Gasteiger partial charge in [0, 0.05) is 0 Å². The number of hydrogen-bond donors (Lipinski definition) is 0. The zero-order chi connectivity index (χ0) is 9.97.